The van der Waals surface area contributed by atoms with Crippen molar-refractivity contribution in [2.24, 2.45) is 0 Å². The highest BCUT2D eigenvalue weighted by Crippen LogP contribution is 2.21. The van der Waals surface area contributed by atoms with Crippen LogP contribution in [0.1, 0.15) is 12.5 Å². The molecule has 0 aliphatic carbocycles. The summed E-state index contributed by atoms with van der Waals surface area (Å²) in [7, 11) is 0. The van der Waals surface area contributed by atoms with Crippen LogP contribution < -0.4 is 11.1 Å². The highest BCUT2D eigenvalue weighted by atomic mass is 35.5. The average Bonchev–Trinajstić information content (AvgIpc) is 2.73. The zero-order valence-corrected chi connectivity index (χ0v) is 17.1. The molecule has 1 aromatic heterocycles. The minimum atomic E-state index is -0.565. The molecule has 3 amide bonds. The number of piperazine rings is 1. The van der Waals surface area contributed by atoms with Gasteiger partial charge in [0.25, 0.3) is 0 Å². The molecule has 0 saturated carbocycles. The summed E-state index contributed by atoms with van der Waals surface area (Å²) in [5, 5.41) is 4.18. The minimum Gasteiger partial charge on any atom is -0.383 e. The second-order valence-electron chi connectivity index (χ2n) is 7.18. The number of hydrogen-bond acceptors (Lipinski definition) is 5. The molecule has 1 aliphatic rings. The molecular weight excluding hydrogens is 404 g/mol. The third-order valence-corrected chi connectivity index (χ3v) is 5.46. The molecule has 3 aromatic rings. The summed E-state index contributed by atoms with van der Waals surface area (Å²) in [5.41, 5.74) is 8.18. The van der Waals surface area contributed by atoms with E-state index in [9.17, 15) is 9.59 Å². The van der Waals surface area contributed by atoms with E-state index in [1.807, 2.05) is 18.2 Å². The summed E-state index contributed by atoms with van der Waals surface area (Å²) in [5.74, 6) is 0.325. The number of carbonyl (C=O) groups is 2. The summed E-state index contributed by atoms with van der Waals surface area (Å²) in [6.07, 6.45) is 1.42. The van der Waals surface area contributed by atoms with Crippen LogP contribution in [0.4, 0.5) is 16.3 Å². The summed E-state index contributed by atoms with van der Waals surface area (Å²) in [6, 6.07) is 11.7. The lowest BCUT2D eigenvalue weighted by atomic mass is 10.1. The van der Waals surface area contributed by atoms with Gasteiger partial charge >= 0.3 is 6.03 Å². The number of nitrogens with one attached hydrogen (secondary N) is 1. The second kappa shape index (κ2) is 8.16. The number of aromatic nitrogens is 2. The molecule has 30 heavy (non-hydrogen) atoms. The van der Waals surface area contributed by atoms with Gasteiger partial charge in [0, 0.05) is 35.7 Å². The summed E-state index contributed by atoms with van der Waals surface area (Å²) >= 11 is 5.88. The van der Waals surface area contributed by atoms with Crippen molar-refractivity contribution in [3.63, 3.8) is 0 Å². The van der Waals surface area contributed by atoms with E-state index >= 15 is 0 Å². The Kier molecular flexibility index (Phi) is 5.41. The average molecular weight is 425 g/mol. The van der Waals surface area contributed by atoms with E-state index in [0.717, 1.165) is 16.5 Å². The topological polar surface area (TPSA) is 104 Å². The Bertz CT molecular complexity index is 1100. The first-order valence-corrected chi connectivity index (χ1v) is 9.91. The fourth-order valence-corrected chi connectivity index (χ4v) is 3.66. The number of halogens is 1. The Morgan fingerprint density at radius 1 is 1.20 bits per heavy atom. The normalized spacial score (nSPS) is 16.7. The van der Waals surface area contributed by atoms with E-state index in [4.69, 9.17) is 17.3 Å². The number of benzene rings is 2. The first kappa shape index (κ1) is 19.9. The Morgan fingerprint density at radius 2 is 1.97 bits per heavy atom. The van der Waals surface area contributed by atoms with Gasteiger partial charge in [-0.25, -0.2) is 14.8 Å². The molecule has 154 valence electrons. The number of fused-ring (bicyclic) bond motifs is 1. The molecule has 2 aromatic carbocycles. The van der Waals surface area contributed by atoms with Crippen LogP contribution in [0, 0.1) is 0 Å². The van der Waals surface area contributed by atoms with Crippen molar-refractivity contribution in [2.45, 2.75) is 19.5 Å². The quantitative estimate of drug-likeness (QED) is 0.672. The molecule has 2 heterocycles. The van der Waals surface area contributed by atoms with E-state index in [0.29, 0.717) is 36.2 Å². The summed E-state index contributed by atoms with van der Waals surface area (Å²) < 4.78 is 0. The molecular formula is C21H21ClN6O2. The number of nitrogens with zero attached hydrogens (tertiary/aromatic N) is 4. The molecule has 0 spiro atoms. The van der Waals surface area contributed by atoms with Crippen molar-refractivity contribution in [1.29, 1.82) is 0 Å². The number of carbonyl (C=O) groups excluding carboxylic acids is 2. The van der Waals surface area contributed by atoms with Crippen LogP contribution in [0.3, 0.4) is 0 Å². The lowest BCUT2D eigenvalue weighted by Crippen LogP contribution is -2.58. The van der Waals surface area contributed by atoms with Gasteiger partial charge in [-0.05, 0) is 48.9 Å². The van der Waals surface area contributed by atoms with E-state index in [1.54, 1.807) is 41.0 Å². The number of anilines is 2. The van der Waals surface area contributed by atoms with Crippen LogP contribution in [-0.2, 0) is 11.3 Å². The van der Waals surface area contributed by atoms with Gasteiger partial charge < -0.3 is 20.9 Å². The highest BCUT2D eigenvalue weighted by Gasteiger charge is 2.34. The van der Waals surface area contributed by atoms with Gasteiger partial charge in [0.2, 0.25) is 5.91 Å². The van der Waals surface area contributed by atoms with Crippen LogP contribution >= 0.6 is 11.6 Å². The van der Waals surface area contributed by atoms with Crippen LogP contribution in [0.25, 0.3) is 10.9 Å². The van der Waals surface area contributed by atoms with Gasteiger partial charge in [-0.15, -0.1) is 0 Å². The molecule has 0 radical (unpaired) electrons. The third-order valence-electron chi connectivity index (χ3n) is 5.21. The van der Waals surface area contributed by atoms with Crippen molar-refractivity contribution in [1.82, 2.24) is 19.8 Å². The Labute approximate surface area is 178 Å². The number of nitrogens with two attached hydrogens (primary N) is 1. The largest absolute Gasteiger partial charge is 0.383 e. The molecule has 4 rings (SSSR count). The number of rotatable bonds is 3. The fourth-order valence-electron chi connectivity index (χ4n) is 3.53. The summed E-state index contributed by atoms with van der Waals surface area (Å²) in [6.45, 7) is 3.07. The number of amides is 3. The lowest BCUT2D eigenvalue weighted by molar-refractivity contribution is -0.139. The first-order valence-electron chi connectivity index (χ1n) is 9.53. The van der Waals surface area contributed by atoms with Gasteiger partial charge in [0.05, 0.1) is 5.52 Å². The number of hydrogen-bond donors (Lipinski definition) is 2. The number of urea groups is 1. The molecule has 1 aliphatic heterocycles. The van der Waals surface area contributed by atoms with Crippen LogP contribution in [0.15, 0.2) is 48.8 Å². The monoisotopic (exact) mass is 424 g/mol. The zero-order valence-electron chi connectivity index (χ0n) is 16.4. The minimum absolute atomic E-state index is 0.102. The van der Waals surface area contributed by atoms with Crippen molar-refractivity contribution in [3.05, 3.63) is 59.4 Å². The van der Waals surface area contributed by atoms with Gasteiger partial charge in [-0.1, -0.05) is 17.7 Å². The molecule has 8 nitrogen and oxygen atoms in total. The lowest BCUT2D eigenvalue weighted by Gasteiger charge is -2.39. The fraction of sp³-hybridized carbons (Fsp3) is 0.238. The van der Waals surface area contributed by atoms with E-state index in [1.165, 1.54) is 6.33 Å². The van der Waals surface area contributed by atoms with Crippen molar-refractivity contribution >= 4 is 45.9 Å². The Morgan fingerprint density at radius 3 is 2.73 bits per heavy atom. The Hall–Kier alpha value is -3.39. The second-order valence-corrected chi connectivity index (χ2v) is 7.61. The van der Waals surface area contributed by atoms with Crippen LogP contribution in [-0.4, -0.2) is 50.8 Å². The molecule has 3 N–H and O–H groups in total. The van der Waals surface area contributed by atoms with Gasteiger partial charge in [-0.2, -0.15) is 0 Å². The van der Waals surface area contributed by atoms with E-state index < -0.39 is 6.04 Å². The smallest absolute Gasteiger partial charge is 0.322 e. The molecule has 1 atom stereocenters. The van der Waals surface area contributed by atoms with Crippen molar-refractivity contribution in [3.8, 4) is 0 Å². The third kappa shape index (κ3) is 3.99. The van der Waals surface area contributed by atoms with Crippen LogP contribution in [0.2, 0.25) is 5.02 Å². The predicted octanol–water partition coefficient (Wildman–Crippen LogP) is 3.13. The maximum absolute atomic E-state index is 12.9. The van der Waals surface area contributed by atoms with Crippen molar-refractivity contribution in [2.75, 3.05) is 24.1 Å². The molecule has 1 fully saturated rings. The maximum atomic E-state index is 12.9. The standard InChI is InChI=1S/C21H21ClN6O2/c1-13-20(29)27(11-14-2-7-17-18(10-14)24-12-25-19(17)23)8-9-28(13)21(30)26-16-5-3-15(22)4-6-16/h2-7,10,12-13H,8-9,11H2,1H3,(H,26,30)(H2,23,24,25)/t13-/m0/s1. The predicted molar refractivity (Wildman–Crippen MR) is 116 cm³/mol. The van der Waals surface area contributed by atoms with Gasteiger partial charge in [0.15, 0.2) is 0 Å². The molecule has 9 heteroatoms. The number of nitrogen functional groups attached to an aromatic ring is 1. The molecule has 0 unspecified atom stereocenters. The van der Waals surface area contributed by atoms with E-state index in [-0.39, 0.29) is 11.9 Å². The molecule has 1 saturated heterocycles. The van der Waals surface area contributed by atoms with Crippen molar-refractivity contribution < 1.29 is 9.59 Å². The SMILES string of the molecule is C[C@H]1C(=O)N(Cc2ccc3c(N)ncnc3c2)CCN1C(=O)Nc1ccc(Cl)cc1. The van der Waals surface area contributed by atoms with Crippen LogP contribution in [0.5, 0.6) is 0 Å². The highest BCUT2D eigenvalue weighted by molar-refractivity contribution is 6.30. The van der Waals surface area contributed by atoms with E-state index in [2.05, 4.69) is 15.3 Å². The first-order chi connectivity index (χ1) is 14.4. The molecule has 0 bridgehead atoms. The maximum Gasteiger partial charge on any atom is 0.322 e. The van der Waals surface area contributed by atoms with Gasteiger partial charge in [-0.3, -0.25) is 4.79 Å². The summed E-state index contributed by atoms with van der Waals surface area (Å²) in [4.78, 5) is 37.1. The Balaban J connectivity index is 1.43. The zero-order chi connectivity index (χ0) is 21.3. The van der Waals surface area contributed by atoms with Gasteiger partial charge in [0.1, 0.15) is 18.2 Å².